The number of unbranched alkanes of at least 4 members (excludes halogenated alkanes) is 1. The summed E-state index contributed by atoms with van der Waals surface area (Å²) < 4.78 is 14.4. The van der Waals surface area contributed by atoms with Crippen molar-refractivity contribution in [2.24, 2.45) is 0 Å². The summed E-state index contributed by atoms with van der Waals surface area (Å²) in [6, 6.07) is 3.72. The molecule has 0 saturated carbocycles. The molecular formula is C18H27FN2. The number of allylic oxidation sites excluding steroid dienone is 1. The zero-order valence-electron chi connectivity index (χ0n) is 13.9. The molecule has 0 saturated heterocycles. The van der Waals surface area contributed by atoms with Gasteiger partial charge in [-0.15, -0.1) is 0 Å². The van der Waals surface area contributed by atoms with E-state index in [1.807, 2.05) is 13.1 Å². The van der Waals surface area contributed by atoms with E-state index in [-0.39, 0.29) is 11.4 Å². The van der Waals surface area contributed by atoms with Gasteiger partial charge in [0.1, 0.15) is 5.82 Å². The number of benzene rings is 1. The summed E-state index contributed by atoms with van der Waals surface area (Å²) in [5.41, 5.74) is 4.10. The van der Waals surface area contributed by atoms with Crippen molar-refractivity contribution in [3.8, 4) is 0 Å². The topological polar surface area (TPSA) is 15.3 Å². The van der Waals surface area contributed by atoms with Gasteiger partial charge in [0.25, 0.3) is 0 Å². The molecule has 2 nitrogen and oxygen atoms in total. The summed E-state index contributed by atoms with van der Waals surface area (Å²) in [6.07, 6.45) is 4.56. The lowest BCUT2D eigenvalue weighted by Gasteiger charge is -2.43. The van der Waals surface area contributed by atoms with Crippen molar-refractivity contribution in [3.63, 3.8) is 0 Å². The van der Waals surface area contributed by atoms with Gasteiger partial charge in [0.05, 0.1) is 5.54 Å². The van der Waals surface area contributed by atoms with Crippen LogP contribution in [0.4, 0.5) is 10.1 Å². The molecule has 1 aromatic rings. The van der Waals surface area contributed by atoms with Gasteiger partial charge in [0, 0.05) is 29.9 Å². The third kappa shape index (κ3) is 3.13. The van der Waals surface area contributed by atoms with Gasteiger partial charge in [0.2, 0.25) is 0 Å². The summed E-state index contributed by atoms with van der Waals surface area (Å²) in [5.74, 6) is -0.116. The van der Waals surface area contributed by atoms with Crippen molar-refractivity contribution in [1.29, 1.82) is 0 Å². The number of fused-ring (bicyclic) bond motifs is 1. The van der Waals surface area contributed by atoms with Gasteiger partial charge >= 0.3 is 0 Å². The normalized spacial score (nSPS) is 16.7. The van der Waals surface area contributed by atoms with Crippen LogP contribution in [0.3, 0.4) is 0 Å². The maximum Gasteiger partial charge on any atom is 0.129 e. The molecule has 0 atom stereocenters. The molecule has 0 fully saturated rings. The smallest absolute Gasteiger partial charge is 0.129 e. The van der Waals surface area contributed by atoms with E-state index < -0.39 is 0 Å². The largest absolute Gasteiger partial charge is 0.362 e. The van der Waals surface area contributed by atoms with Crippen LogP contribution in [-0.2, 0) is 6.54 Å². The molecule has 3 heteroatoms. The third-order valence-electron chi connectivity index (χ3n) is 4.25. The number of nitrogens with zero attached hydrogens (tertiary/aromatic N) is 1. The lowest BCUT2D eigenvalue weighted by Crippen LogP contribution is -2.45. The minimum Gasteiger partial charge on any atom is -0.362 e. The molecule has 1 aromatic carbocycles. The Bertz CT molecular complexity index is 546. The Morgan fingerprint density at radius 1 is 1.29 bits per heavy atom. The van der Waals surface area contributed by atoms with Gasteiger partial charge in [-0.1, -0.05) is 19.4 Å². The molecular weight excluding hydrogens is 263 g/mol. The second-order valence-electron chi connectivity index (χ2n) is 6.48. The number of nitrogens with one attached hydrogen (secondary N) is 1. The van der Waals surface area contributed by atoms with E-state index >= 15 is 0 Å². The van der Waals surface area contributed by atoms with Crippen molar-refractivity contribution in [2.45, 2.75) is 52.6 Å². The average molecular weight is 290 g/mol. The summed E-state index contributed by atoms with van der Waals surface area (Å²) in [5, 5.41) is 3.04. The third-order valence-corrected chi connectivity index (χ3v) is 4.25. The Morgan fingerprint density at radius 2 is 2.00 bits per heavy atom. The quantitative estimate of drug-likeness (QED) is 0.867. The maximum absolute atomic E-state index is 14.4. The van der Waals surface area contributed by atoms with Crippen LogP contribution in [0.5, 0.6) is 0 Å². The number of hydrogen-bond donors (Lipinski definition) is 1. The predicted octanol–water partition coefficient (Wildman–Crippen LogP) is 4.35. The monoisotopic (exact) mass is 290 g/mol. The molecule has 1 aliphatic rings. The first kappa shape index (κ1) is 16.0. The molecule has 1 aliphatic heterocycles. The van der Waals surface area contributed by atoms with E-state index in [1.165, 1.54) is 5.57 Å². The summed E-state index contributed by atoms with van der Waals surface area (Å²) >= 11 is 0. The van der Waals surface area contributed by atoms with Gasteiger partial charge in [-0.2, -0.15) is 0 Å². The Morgan fingerprint density at radius 3 is 2.62 bits per heavy atom. The fraction of sp³-hybridized carbons (Fsp3) is 0.556. The molecule has 1 heterocycles. The molecule has 2 rings (SSSR count). The number of rotatable bonds is 5. The van der Waals surface area contributed by atoms with Gasteiger partial charge in [-0.3, -0.25) is 0 Å². The fourth-order valence-corrected chi connectivity index (χ4v) is 3.19. The Balaban J connectivity index is 2.51. The van der Waals surface area contributed by atoms with Gasteiger partial charge in [-0.05, 0) is 51.9 Å². The molecule has 0 bridgehead atoms. The number of hydrogen-bond acceptors (Lipinski definition) is 2. The first-order chi connectivity index (χ1) is 9.90. The molecule has 0 radical (unpaired) electrons. The summed E-state index contributed by atoms with van der Waals surface area (Å²) in [4.78, 5) is 2.34. The zero-order valence-corrected chi connectivity index (χ0v) is 13.9. The molecule has 0 spiro atoms. The van der Waals surface area contributed by atoms with Crippen LogP contribution in [0.15, 0.2) is 18.2 Å². The molecule has 0 aliphatic carbocycles. The summed E-state index contributed by atoms with van der Waals surface area (Å²) in [7, 11) is 1.85. The van der Waals surface area contributed by atoms with Crippen molar-refractivity contribution in [1.82, 2.24) is 5.32 Å². The van der Waals surface area contributed by atoms with E-state index in [0.29, 0.717) is 6.54 Å². The first-order valence-electron chi connectivity index (χ1n) is 7.85. The predicted molar refractivity (Wildman–Crippen MR) is 89.1 cm³/mol. The second kappa shape index (κ2) is 6.18. The van der Waals surface area contributed by atoms with Gasteiger partial charge in [-0.25, -0.2) is 4.39 Å². The highest BCUT2D eigenvalue weighted by Crippen LogP contribution is 2.40. The Labute approximate surface area is 128 Å². The van der Waals surface area contributed by atoms with Crippen LogP contribution >= 0.6 is 0 Å². The van der Waals surface area contributed by atoms with Crippen molar-refractivity contribution >= 4 is 11.3 Å². The molecule has 21 heavy (non-hydrogen) atoms. The van der Waals surface area contributed by atoms with Crippen molar-refractivity contribution in [3.05, 3.63) is 35.2 Å². The van der Waals surface area contributed by atoms with E-state index in [4.69, 9.17) is 0 Å². The second-order valence-corrected chi connectivity index (χ2v) is 6.48. The minimum absolute atomic E-state index is 0.0663. The van der Waals surface area contributed by atoms with Crippen LogP contribution < -0.4 is 10.2 Å². The highest BCUT2D eigenvalue weighted by molar-refractivity contribution is 5.81. The highest BCUT2D eigenvalue weighted by Gasteiger charge is 2.31. The van der Waals surface area contributed by atoms with Gasteiger partial charge < -0.3 is 10.2 Å². The SMILES string of the molecule is CCCCN1c2cc(F)c(CNC)cc2C(C)=CC1(C)C. The van der Waals surface area contributed by atoms with E-state index in [0.717, 1.165) is 36.2 Å². The molecule has 0 unspecified atom stereocenters. The maximum atomic E-state index is 14.4. The molecule has 0 aromatic heterocycles. The number of anilines is 1. The highest BCUT2D eigenvalue weighted by atomic mass is 19.1. The Kier molecular flexibility index (Phi) is 4.72. The minimum atomic E-state index is -0.116. The van der Waals surface area contributed by atoms with Crippen LogP contribution in [0.1, 0.15) is 51.7 Å². The lowest BCUT2D eigenvalue weighted by molar-refractivity contribution is 0.535. The van der Waals surface area contributed by atoms with Crippen molar-refractivity contribution in [2.75, 3.05) is 18.5 Å². The van der Waals surface area contributed by atoms with Crippen LogP contribution in [0, 0.1) is 5.82 Å². The van der Waals surface area contributed by atoms with Gasteiger partial charge in [0.15, 0.2) is 0 Å². The van der Waals surface area contributed by atoms with Crippen molar-refractivity contribution < 1.29 is 4.39 Å². The Hall–Kier alpha value is -1.35. The number of halogens is 1. The van der Waals surface area contributed by atoms with Crippen LogP contribution in [0.25, 0.3) is 5.57 Å². The van der Waals surface area contributed by atoms with Crippen LogP contribution in [0.2, 0.25) is 0 Å². The standard InChI is InChI=1S/C18H27FN2/c1-6-7-8-21-17-10-16(19)14(12-20-5)9-15(17)13(2)11-18(21,3)4/h9-11,20H,6-8,12H2,1-5H3. The summed E-state index contributed by atoms with van der Waals surface area (Å²) in [6.45, 7) is 10.2. The molecule has 116 valence electrons. The lowest BCUT2D eigenvalue weighted by atomic mass is 9.87. The molecule has 0 amide bonds. The fourth-order valence-electron chi connectivity index (χ4n) is 3.19. The van der Waals surface area contributed by atoms with E-state index in [2.05, 4.69) is 44.0 Å². The molecule has 1 N–H and O–H groups in total. The average Bonchev–Trinajstić information content (AvgIpc) is 2.40. The van der Waals surface area contributed by atoms with E-state index in [1.54, 1.807) is 6.07 Å². The zero-order chi connectivity index (χ0) is 15.6. The first-order valence-corrected chi connectivity index (χ1v) is 7.85. The van der Waals surface area contributed by atoms with Crippen LogP contribution in [-0.4, -0.2) is 19.1 Å². The van der Waals surface area contributed by atoms with E-state index in [9.17, 15) is 4.39 Å².